The van der Waals surface area contributed by atoms with Crippen molar-refractivity contribution < 1.29 is 9.84 Å². The zero-order valence-electron chi connectivity index (χ0n) is 13.1. The van der Waals surface area contributed by atoms with Crippen molar-refractivity contribution in [1.82, 2.24) is 10.2 Å². The number of rotatable bonds is 11. The Labute approximate surface area is 118 Å². The van der Waals surface area contributed by atoms with Gasteiger partial charge >= 0.3 is 0 Å². The second-order valence-corrected chi connectivity index (χ2v) is 6.11. The van der Waals surface area contributed by atoms with Gasteiger partial charge in [-0.1, -0.05) is 6.92 Å². The van der Waals surface area contributed by atoms with Crippen LogP contribution in [-0.2, 0) is 4.74 Å². The molecule has 4 heteroatoms. The molecule has 4 nitrogen and oxygen atoms in total. The van der Waals surface area contributed by atoms with E-state index < -0.39 is 0 Å². The van der Waals surface area contributed by atoms with Crippen molar-refractivity contribution in [3.63, 3.8) is 0 Å². The maximum Gasteiger partial charge on any atom is 0.0611 e. The number of ether oxygens (including phenoxy) is 1. The summed E-state index contributed by atoms with van der Waals surface area (Å²) in [6.07, 6.45) is 3.71. The Kier molecular flexibility index (Phi) is 7.29. The Morgan fingerprint density at radius 1 is 1.42 bits per heavy atom. The predicted molar refractivity (Wildman–Crippen MR) is 79.4 cm³/mol. The van der Waals surface area contributed by atoms with Crippen LogP contribution in [0, 0.1) is 5.92 Å². The van der Waals surface area contributed by atoms with E-state index in [4.69, 9.17) is 4.74 Å². The zero-order valence-corrected chi connectivity index (χ0v) is 13.1. The summed E-state index contributed by atoms with van der Waals surface area (Å²) in [5.41, 5.74) is -0.163. The molecule has 0 saturated heterocycles. The summed E-state index contributed by atoms with van der Waals surface area (Å²) >= 11 is 0. The number of aliphatic hydroxyl groups excluding tert-OH is 1. The van der Waals surface area contributed by atoms with Crippen molar-refractivity contribution in [2.24, 2.45) is 5.92 Å². The molecule has 0 amide bonds. The lowest BCUT2D eigenvalue weighted by Crippen LogP contribution is -2.49. The highest BCUT2D eigenvalue weighted by molar-refractivity contribution is 4.88. The average Bonchev–Trinajstić information content (AvgIpc) is 3.23. The first-order valence-electron chi connectivity index (χ1n) is 7.65. The number of aliphatic hydroxyl groups is 1. The minimum absolute atomic E-state index is 0.163. The van der Waals surface area contributed by atoms with Gasteiger partial charge in [0.25, 0.3) is 0 Å². The monoisotopic (exact) mass is 272 g/mol. The topological polar surface area (TPSA) is 44.7 Å². The summed E-state index contributed by atoms with van der Waals surface area (Å²) < 4.78 is 5.22. The Hall–Kier alpha value is -0.160. The van der Waals surface area contributed by atoms with Gasteiger partial charge in [-0.05, 0) is 45.6 Å². The lowest BCUT2D eigenvalue weighted by molar-refractivity contribution is 0.0954. The van der Waals surface area contributed by atoms with E-state index in [0.717, 1.165) is 38.6 Å². The molecule has 0 heterocycles. The van der Waals surface area contributed by atoms with Crippen molar-refractivity contribution >= 4 is 0 Å². The van der Waals surface area contributed by atoms with Gasteiger partial charge in [0.2, 0.25) is 0 Å². The van der Waals surface area contributed by atoms with Crippen molar-refractivity contribution in [3.05, 3.63) is 0 Å². The van der Waals surface area contributed by atoms with Crippen molar-refractivity contribution in [2.45, 2.75) is 51.6 Å². The molecule has 0 spiro atoms. The van der Waals surface area contributed by atoms with Crippen LogP contribution in [-0.4, -0.2) is 61.5 Å². The Morgan fingerprint density at radius 3 is 2.58 bits per heavy atom. The smallest absolute Gasteiger partial charge is 0.0611 e. The summed E-state index contributed by atoms with van der Waals surface area (Å²) in [4.78, 5) is 2.52. The van der Waals surface area contributed by atoms with Gasteiger partial charge in [-0.15, -0.1) is 0 Å². The number of nitrogens with zero attached hydrogens (tertiary/aromatic N) is 1. The van der Waals surface area contributed by atoms with Crippen LogP contribution in [0.5, 0.6) is 0 Å². The third kappa shape index (κ3) is 5.78. The van der Waals surface area contributed by atoms with E-state index in [1.807, 2.05) is 0 Å². The highest BCUT2D eigenvalue weighted by Gasteiger charge is 2.32. The predicted octanol–water partition coefficient (Wildman–Crippen LogP) is 1.48. The molecule has 2 N–H and O–H groups in total. The van der Waals surface area contributed by atoms with E-state index in [1.165, 1.54) is 12.8 Å². The Bertz CT molecular complexity index is 246. The van der Waals surface area contributed by atoms with Gasteiger partial charge < -0.3 is 15.2 Å². The van der Waals surface area contributed by atoms with E-state index in [0.29, 0.717) is 6.04 Å². The van der Waals surface area contributed by atoms with Crippen LogP contribution in [0.2, 0.25) is 0 Å². The normalized spacial score (nSPS) is 20.5. The number of likely N-dealkylation sites (N-methyl/N-ethyl adjacent to an activating group) is 1. The standard InChI is InChI=1S/C15H32N2O2/c1-5-16-15(3,12-18)8-9-17(10-11-19-4)13(2)14-6-7-14/h13-14,16,18H,5-12H2,1-4H3. The lowest BCUT2D eigenvalue weighted by atomic mass is 9.98. The summed E-state index contributed by atoms with van der Waals surface area (Å²) in [7, 11) is 1.76. The molecule has 114 valence electrons. The summed E-state index contributed by atoms with van der Waals surface area (Å²) in [5.74, 6) is 0.872. The highest BCUT2D eigenvalue weighted by Crippen LogP contribution is 2.35. The van der Waals surface area contributed by atoms with E-state index in [9.17, 15) is 5.11 Å². The average molecular weight is 272 g/mol. The van der Waals surface area contributed by atoms with Crippen molar-refractivity contribution in [1.29, 1.82) is 0 Å². The summed E-state index contributed by atoms with van der Waals surface area (Å²) in [5, 5.41) is 13.0. The first kappa shape index (κ1) is 16.9. The number of hydrogen-bond donors (Lipinski definition) is 2. The molecular weight excluding hydrogens is 240 g/mol. The van der Waals surface area contributed by atoms with Gasteiger partial charge in [0.1, 0.15) is 0 Å². The SMILES string of the molecule is CCNC(C)(CO)CCN(CCOC)C(C)C1CC1. The molecular formula is C15H32N2O2. The first-order valence-corrected chi connectivity index (χ1v) is 7.65. The molecule has 1 aliphatic rings. The Balaban J connectivity index is 2.46. The summed E-state index contributed by atoms with van der Waals surface area (Å²) in [6, 6.07) is 0.639. The van der Waals surface area contributed by atoms with Gasteiger partial charge in [0.05, 0.1) is 13.2 Å². The molecule has 0 aromatic carbocycles. The summed E-state index contributed by atoms with van der Waals surface area (Å²) in [6.45, 7) is 10.4. The van der Waals surface area contributed by atoms with E-state index in [1.54, 1.807) is 7.11 Å². The molecule has 0 aromatic heterocycles. The minimum Gasteiger partial charge on any atom is -0.394 e. The Morgan fingerprint density at radius 2 is 2.11 bits per heavy atom. The van der Waals surface area contributed by atoms with Crippen molar-refractivity contribution in [3.8, 4) is 0 Å². The fourth-order valence-corrected chi connectivity index (χ4v) is 2.64. The van der Waals surface area contributed by atoms with Gasteiger partial charge in [0, 0.05) is 31.8 Å². The van der Waals surface area contributed by atoms with E-state index >= 15 is 0 Å². The number of hydrogen-bond acceptors (Lipinski definition) is 4. The van der Waals surface area contributed by atoms with Crippen LogP contribution in [0.15, 0.2) is 0 Å². The molecule has 0 bridgehead atoms. The number of nitrogens with one attached hydrogen (secondary N) is 1. The fourth-order valence-electron chi connectivity index (χ4n) is 2.64. The maximum absolute atomic E-state index is 9.56. The van der Waals surface area contributed by atoms with Crippen LogP contribution in [0.25, 0.3) is 0 Å². The van der Waals surface area contributed by atoms with Gasteiger partial charge in [-0.2, -0.15) is 0 Å². The van der Waals surface area contributed by atoms with Crippen LogP contribution in [0.3, 0.4) is 0 Å². The minimum atomic E-state index is -0.163. The van der Waals surface area contributed by atoms with Crippen LogP contribution >= 0.6 is 0 Å². The largest absolute Gasteiger partial charge is 0.394 e. The molecule has 0 radical (unpaired) electrons. The fraction of sp³-hybridized carbons (Fsp3) is 1.00. The van der Waals surface area contributed by atoms with E-state index in [2.05, 4.69) is 31.0 Å². The highest BCUT2D eigenvalue weighted by atomic mass is 16.5. The van der Waals surface area contributed by atoms with Crippen LogP contribution in [0.4, 0.5) is 0 Å². The molecule has 1 fully saturated rings. The van der Waals surface area contributed by atoms with Gasteiger partial charge in [-0.25, -0.2) is 0 Å². The third-order valence-corrected chi connectivity index (χ3v) is 4.37. The quantitative estimate of drug-likeness (QED) is 0.598. The zero-order chi connectivity index (χ0) is 14.3. The van der Waals surface area contributed by atoms with Gasteiger partial charge in [0.15, 0.2) is 0 Å². The lowest BCUT2D eigenvalue weighted by Gasteiger charge is -2.34. The van der Waals surface area contributed by atoms with E-state index in [-0.39, 0.29) is 12.1 Å². The van der Waals surface area contributed by atoms with Crippen molar-refractivity contribution in [2.75, 3.05) is 40.0 Å². The molecule has 1 saturated carbocycles. The molecule has 1 aliphatic carbocycles. The number of methoxy groups -OCH3 is 1. The molecule has 0 aliphatic heterocycles. The molecule has 0 aromatic rings. The second-order valence-electron chi connectivity index (χ2n) is 6.11. The van der Waals surface area contributed by atoms with Gasteiger partial charge in [-0.3, -0.25) is 4.90 Å². The first-order chi connectivity index (χ1) is 9.06. The van der Waals surface area contributed by atoms with Crippen LogP contribution in [0.1, 0.15) is 40.0 Å². The molecule has 2 atom stereocenters. The molecule has 1 rings (SSSR count). The maximum atomic E-state index is 9.56. The second kappa shape index (κ2) is 8.20. The molecule has 19 heavy (non-hydrogen) atoms. The third-order valence-electron chi connectivity index (χ3n) is 4.37. The van der Waals surface area contributed by atoms with Crippen LogP contribution < -0.4 is 5.32 Å². The molecule has 2 unspecified atom stereocenters.